The van der Waals surface area contributed by atoms with Crippen molar-refractivity contribution in [3.05, 3.63) is 102 Å². The molecule has 36 heteroatoms. The highest BCUT2D eigenvalue weighted by molar-refractivity contribution is 6.08. The molecule has 4 aromatic rings. The monoisotopic (exact) mass is 2060 g/mol. The molecule has 35 nitrogen and oxygen atoms in total. The van der Waals surface area contributed by atoms with Gasteiger partial charge in [-0.2, -0.15) is 5.10 Å². The minimum Gasteiger partial charge on any atom is -0.459 e. The number of cyclic esters (lactones) is 3. The summed E-state index contributed by atoms with van der Waals surface area (Å²) in [5.41, 5.74) is -0.891. The molecule has 3 amide bonds. The summed E-state index contributed by atoms with van der Waals surface area (Å²) < 4.78 is 74.1. The van der Waals surface area contributed by atoms with E-state index >= 15 is 4.39 Å². The molecule has 0 radical (unpaired) electrons. The first kappa shape index (κ1) is 127. The Morgan fingerprint density at radius 2 is 0.850 bits per heavy atom. The minimum absolute atomic E-state index is 0.00439. The number of rotatable bonds is 12. The SMILES string of the molecule is CC.CC.CC.CC[C@H]1OC(=O)[C@@](C)(F)C(=O)[C@H](C)[C@@H](C)[C@@]2(C)C[C@@H](C)C(=NC(C)=O)[C@H](C)[C@@H](OC/C(=N\OCc3ccccc3)CO2)[C@]1(C)O.CC[C@H]1OC(=O)[C@H](C)C(=O)[C@H](C)[C@@H](C)[C@@]2(C)C[C@@H](C)C(=NC(C)=O)[C@H](C)[C@@H](OC/C(=N\OCC#Cc3cccc(N)n3)CO2)[C@]1(C)O.CC[C@H]1OC(=O)[C@H](C)C(=O)[C@H](C)[C@@H](C)[C@@]2(C)C[C@@H](C)C(=NC(C)=O)[C@H](C)[C@@H](OC/C(=N\OCc3ccc(-n4cccn4)nc3)CO2)[C@]1(C)O. The van der Waals surface area contributed by atoms with Crippen LogP contribution in [0.25, 0.3) is 5.82 Å². The lowest BCUT2D eigenvalue weighted by Crippen LogP contribution is -2.59. The van der Waals surface area contributed by atoms with Crippen molar-refractivity contribution in [2.75, 3.05) is 52.0 Å². The van der Waals surface area contributed by atoms with Gasteiger partial charge in [-0.1, -0.05) is 209 Å². The Labute approximate surface area is 869 Å². The molecule has 27 atom stereocenters. The van der Waals surface area contributed by atoms with Crippen LogP contribution in [0.3, 0.4) is 0 Å². The molecule has 0 saturated carbocycles. The number of hydrogen-bond donors (Lipinski definition) is 4. The first-order valence-electron chi connectivity index (χ1n) is 51.9. The second-order valence-corrected chi connectivity index (χ2v) is 40.3. The third-order valence-electron chi connectivity index (χ3n) is 29.2. The zero-order valence-electron chi connectivity index (χ0n) is 93.1. The number of nitrogens with zero attached hydrogens (tertiary/aromatic N) is 10. The number of oxime groups is 3. The molecule has 9 heterocycles. The van der Waals surface area contributed by atoms with E-state index in [4.69, 9.17) is 62.9 Å². The standard InChI is InChI=1S/C36H51N5O8.C35H50N4O8.C34H49FN2O8.3C2H6/c1-10-29-36(9,45)33-23(4)31(39-26(7)42)21(2)16-35(8,25(6)22(3)32(43)24(5)34(44)49-29)47-20-28(19-46-33)40-48-18-27-12-13-30(37-17-27)41-15-11-14-38-41;1-10-28-35(9,43)32-22(4)30(37-25(7)40)20(2)17-34(8,24(6)21(3)31(41)23(5)33(42)47-28)45-19-27(18-44-32)39-46-16-12-14-26-13-11-15-29(36)38-26;1-10-27-34(9,41)30-22(4)28(36-24(6)38)20(2)16-32(7,23(5)21(3)29(39)33(8,35)31(40)45-27)43-19-26(18-42-30)37-44-17-25-14-12-11-13-15-25;3*1-2/h11-15,17,21-25,29,33,45H,10,16,18-20H2,1-9H3;11,13,15,20-24,28,32,43H,10,16-19H2,1-9H3,(H2,36,38);11-15,20-23,27,30,41H,10,16-19H2,1-9H3;3*1-2H3/b39-31?,40-28+;37-30?,39-27+;36-28?,37-26+;;;/t21-,22-,23+,24-,25-,29-,33-,35-,36-;20-,21-,22+,23-,24-,28-,32-,34-,35-;20-,21-,22+,23-,27-,30-,32-,33+,34-;;;/m111.../s1. The van der Waals surface area contributed by atoms with Gasteiger partial charge < -0.3 is 78.2 Å². The maximum Gasteiger partial charge on any atom is 0.351 e. The third-order valence-corrected chi connectivity index (χ3v) is 29.2. The summed E-state index contributed by atoms with van der Waals surface area (Å²) in [6.07, 6.45) is 0.268. The number of pyridine rings is 2. The summed E-state index contributed by atoms with van der Waals surface area (Å²) in [6, 6.07) is 20.1. The van der Waals surface area contributed by atoms with Gasteiger partial charge in [-0.3, -0.25) is 38.4 Å². The summed E-state index contributed by atoms with van der Waals surface area (Å²) >= 11 is 0. The first-order valence-corrected chi connectivity index (χ1v) is 51.9. The largest absolute Gasteiger partial charge is 0.459 e. The van der Waals surface area contributed by atoms with Gasteiger partial charge >= 0.3 is 17.9 Å². The molecule has 147 heavy (non-hydrogen) atoms. The molecule has 10 rings (SSSR count). The molecular formula is C111H168FN11O24. The molecule has 0 spiro atoms. The van der Waals surface area contributed by atoms with Crippen LogP contribution >= 0.6 is 0 Å². The molecule has 818 valence electrons. The van der Waals surface area contributed by atoms with E-state index in [1.54, 1.807) is 104 Å². The van der Waals surface area contributed by atoms with Crippen molar-refractivity contribution in [1.29, 1.82) is 0 Å². The molecule has 0 aliphatic carbocycles. The van der Waals surface area contributed by atoms with E-state index in [0.29, 0.717) is 64.4 Å². The number of nitrogen functional groups attached to an aromatic ring is 1. The quantitative estimate of drug-likeness (QED) is 0.0255. The third kappa shape index (κ3) is 33.5. The van der Waals surface area contributed by atoms with Crippen LogP contribution in [0.4, 0.5) is 10.2 Å². The van der Waals surface area contributed by atoms with E-state index in [0.717, 1.165) is 18.1 Å². The number of aromatic nitrogens is 4. The van der Waals surface area contributed by atoms with E-state index in [1.807, 2.05) is 159 Å². The highest BCUT2D eigenvalue weighted by atomic mass is 19.1. The molecule has 6 saturated heterocycles. The van der Waals surface area contributed by atoms with Crippen LogP contribution in [0.5, 0.6) is 0 Å². The van der Waals surface area contributed by atoms with Crippen LogP contribution in [0, 0.1) is 94.7 Å². The zero-order chi connectivity index (χ0) is 111. The number of hydrogen-bond acceptors (Lipinski definition) is 31. The van der Waals surface area contributed by atoms with E-state index in [1.165, 1.54) is 48.5 Å². The molecule has 6 bridgehead atoms. The normalized spacial score (nSPS) is 35.3. The second kappa shape index (κ2) is 57.5. The van der Waals surface area contributed by atoms with Gasteiger partial charge in [0.2, 0.25) is 17.7 Å². The first-order chi connectivity index (χ1) is 69.0. The van der Waals surface area contributed by atoms with Crippen molar-refractivity contribution < 1.29 is 120 Å². The van der Waals surface area contributed by atoms with Crippen molar-refractivity contribution in [2.45, 2.75) is 356 Å². The number of halogens is 1. The molecule has 5 N–H and O–H groups in total. The highest BCUT2D eigenvalue weighted by Crippen LogP contribution is 2.46. The molecule has 3 aromatic heterocycles. The van der Waals surface area contributed by atoms with Crippen molar-refractivity contribution in [3.63, 3.8) is 0 Å². The van der Waals surface area contributed by atoms with E-state index in [9.17, 15) is 58.5 Å². The summed E-state index contributed by atoms with van der Waals surface area (Å²) in [4.78, 5) is 157. The topological polar surface area (TPSA) is 469 Å². The van der Waals surface area contributed by atoms with Gasteiger partial charge in [0.25, 0.3) is 5.67 Å². The number of aliphatic hydroxyl groups is 3. The molecular weight excluding hydrogens is 1890 g/mol. The minimum atomic E-state index is -2.98. The fourth-order valence-corrected chi connectivity index (χ4v) is 20.1. The van der Waals surface area contributed by atoms with Crippen LogP contribution in [-0.2, 0) is 114 Å². The van der Waals surface area contributed by atoms with Gasteiger partial charge in [0.15, 0.2) is 18.2 Å². The van der Waals surface area contributed by atoms with Crippen LogP contribution in [0.1, 0.15) is 284 Å². The number of benzene rings is 1. The van der Waals surface area contributed by atoms with Crippen LogP contribution in [0.2, 0.25) is 0 Å². The number of carbonyl (C=O) groups excluding carboxylic acids is 9. The molecule has 6 aliphatic heterocycles. The predicted molar refractivity (Wildman–Crippen MR) is 561 cm³/mol. The molecule has 6 aliphatic rings. The lowest BCUT2D eigenvalue weighted by molar-refractivity contribution is -0.198. The number of alkyl halides is 1. The van der Waals surface area contributed by atoms with Gasteiger partial charge in [0.05, 0.1) is 74.8 Å². The van der Waals surface area contributed by atoms with E-state index in [-0.39, 0.29) is 120 Å². The van der Waals surface area contributed by atoms with Crippen molar-refractivity contribution in [1.82, 2.24) is 19.7 Å². The average Bonchev–Trinajstić information content (AvgIpc) is 1.74. The number of amides is 3. The van der Waals surface area contributed by atoms with Crippen molar-refractivity contribution in [3.8, 4) is 17.7 Å². The van der Waals surface area contributed by atoms with Crippen molar-refractivity contribution >= 4 is 93.1 Å². The number of fused-ring (bicyclic) bond motifs is 15. The van der Waals surface area contributed by atoms with Gasteiger partial charge in [-0.25, -0.2) is 38.8 Å². The second-order valence-electron chi connectivity index (χ2n) is 40.3. The number of aliphatic imine (C=N–C) groups is 3. The molecule has 0 unspecified atom stereocenters. The Morgan fingerprint density at radius 1 is 0.476 bits per heavy atom. The van der Waals surface area contributed by atoms with Gasteiger partial charge in [0.1, 0.15) is 100 Å². The fraction of sp³-hybridized carbons (Fsp3) is 0.676. The number of anilines is 1. The number of ketones is 3. The summed E-state index contributed by atoms with van der Waals surface area (Å²) in [5, 5.41) is 53.6. The zero-order valence-corrected chi connectivity index (χ0v) is 93.1. The highest BCUT2D eigenvalue weighted by Gasteiger charge is 2.57. The number of esters is 3. The maximum absolute atomic E-state index is 16.1. The Morgan fingerprint density at radius 3 is 1.20 bits per heavy atom. The Bertz CT molecular complexity index is 5240. The van der Waals surface area contributed by atoms with E-state index in [2.05, 4.69) is 57.4 Å². The Hall–Kier alpha value is -10.5. The summed E-state index contributed by atoms with van der Waals surface area (Å²) in [6.45, 7) is 57.2. The number of carbonyl (C=O) groups is 9. The molecule has 6 fully saturated rings. The van der Waals surface area contributed by atoms with E-state index < -0.39 is 176 Å². The molecule has 1 aromatic carbocycles. The smallest absolute Gasteiger partial charge is 0.351 e. The summed E-state index contributed by atoms with van der Waals surface area (Å²) in [5.74, 6) is -7.42. The number of Topliss-reactive ketones (excluding diaryl/α,β-unsaturated/α-hetero) is 3. The van der Waals surface area contributed by atoms with Gasteiger partial charge in [0, 0.05) is 97.6 Å². The van der Waals surface area contributed by atoms with Crippen molar-refractivity contribution in [2.24, 2.45) is 113 Å². The fourth-order valence-electron chi connectivity index (χ4n) is 20.1. The predicted octanol–water partition coefficient (Wildman–Crippen LogP) is 16.4. The Kier molecular flexibility index (Phi) is 49.7. The lowest BCUT2D eigenvalue weighted by atomic mass is 9.70. The summed E-state index contributed by atoms with van der Waals surface area (Å²) in [7, 11) is 0. The number of nitrogens with two attached hydrogens (primary N) is 1. The Balaban J connectivity index is 0.000000378. The lowest BCUT2D eigenvalue weighted by Gasteiger charge is -2.44. The maximum atomic E-state index is 16.1. The van der Waals surface area contributed by atoms with Gasteiger partial charge in [-0.05, 0) is 172 Å². The van der Waals surface area contributed by atoms with Crippen LogP contribution in [0.15, 0.2) is 116 Å². The average molecular weight is 2060 g/mol. The van der Waals surface area contributed by atoms with Crippen LogP contribution < -0.4 is 5.73 Å². The van der Waals surface area contributed by atoms with Crippen LogP contribution in [-0.4, -0.2) is 244 Å². The van der Waals surface area contributed by atoms with Gasteiger partial charge in [-0.15, -0.1) is 0 Å². The number of ether oxygens (including phenoxy) is 9.